The van der Waals surface area contributed by atoms with E-state index in [0.29, 0.717) is 15.7 Å². The summed E-state index contributed by atoms with van der Waals surface area (Å²) in [5.41, 5.74) is 1.43. The van der Waals surface area contributed by atoms with Crippen LogP contribution in [0.3, 0.4) is 0 Å². The Labute approximate surface area is 135 Å². The topological polar surface area (TPSA) is 42.0 Å². The van der Waals surface area contributed by atoms with E-state index in [1.54, 1.807) is 12.1 Å². The summed E-state index contributed by atoms with van der Waals surface area (Å²) in [7, 11) is 0. The molecule has 0 unspecified atom stereocenters. The molecule has 2 aromatic rings. The van der Waals surface area contributed by atoms with E-state index < -0.39 is 5.91 Å². The fourth-order valence-corrected chi connectivity index (χ4v) is 2.30. The van der Waals surface area contributed by atoms with Crippen molar-refractivity contribution in [2.75, 3.05) is 5.32 Å². The lowest BCUT2D eigenvalue weighted by molar-refractivity contribution is 0.102. The summed E-state index contributed by atoms with van der Waals surface area (Å²) < 4.78 is 0. The van der Waals surface area contributed by atoms with Crippen molar-refractivity contribution in [2.24, 2.45) is 0 Å². The van der Waals surface area contributed by atoms with Crippen LogP contribution in [0.1, 0.15) is 15.9 Å². The van der Waals surface area contributed by atoms with Gasteiger partial charge in [0.05, 0.1) is 21.3 Å². The van der Waals surface area contributed by atoms with Gasteiger partial charge in [-0.2, -0.15) is 0 Å². The van der Waals surface area contributed by atoms with Crippen molar-refractivity contribution in [1.82, 2.24) is 4.98 Å². The zero-order valence-corrected chi connectivity index (χ0v) is 13.2. The van der Waals surface area contributed by atoms with E-state index in [1.165, 1.54) is 12.3 Å². The van der Waals surface area contributed by atoms with E-state index in [2.05, 4.69) is 10.3 Å². The number of aromatic nitrogens is 1. The van der Waals surface area contributed by atoms with Gasteiger partial charge < -0.3 is 5.32 Å². The minimum atomic E-state index is -0.443. The smallest absolute Gasteiger partial charge is 0.257 e. The first-order valence-corrected chi connectivity index (χ1v) is 6.97. The van der Waals surface area contributed by atoms with Crippen LogP contribution in [0.2, 0.25) is 20.2 Å². The lowest BCUT2D eigenvalue weighted by Gasteiger charge is -2.10. The molecule has 0 fully saturated rings. The third kappa shape index (κ3) is 3.36. The number of halogens is 4. The molecule has 0 aliphatic rings. The number of amides is 1. The molecule has 0 radical (unpaired) electrons. The van der Waals surface area contributed by atoms with Gasteiger partial charge in [-0.05, 0) is 30.7 Å². The molecule has 1 amide bonds. The van der Waals surface area contributed by atoms with E-state index in [0.717, 1.165) is 5.56 Å². The molecular formula is C13H8Cl4N2O. The number of benzene rings is 1. The van der Waals surface area contributed by atoms with Crippen LogP contribution in [0.15, 0.2) is 24.4 Å². The number of nitrogens with zero attached hydrogens (tertiary/aromatic N) is 1. The molecule has 2 rings (SSSR count). The summed E-state index contributed by atoms with van der Waals surface area (Å²) in [6, 6.07) is 4.62. The molecule has 1 heterocycles. The maximum absolute atomic E-state index is 12.2. The molecule has 1 aromatic carbocycles. The number of hydrogen-bond acceptors (Lipinski definition) is 2. The zero-order chi connectivity index (χ0) is 14.9. The van der Waals surface area contributed by atoms with E-state index in [9.17, 15) is 4.79 Å². The number of carbonyl (C=O) groups is 1. The monoisotopic (exact) mass is 348 g/mol. The second-order valence-corrected chi connectivity index (χ2v) is 5.63. The summed E-state index contributed by atoms with van der Waals surface area (Å²) in [5, 5.41) is 3.89. The van der Waals surface area contributed by atoms with Crippen LogP contribution < -0.4 is 5.32 Å². The Kier molecular flexibility index (Phi) is 4.76. The molecule has 0 saturated heterocycles. The summed E-state index contributed by atoms with van der Waals surface area (Å²) in [6.07, 6.45) is 1.31. The number of pyridine rings is 1. The first kappa shape index (κ1) is 15.4. The number of rotatable bonds is 2. The summed E-state index contributed by atoms with van der Waals surface area (Å²) >= 11 is 23.7. The first-order valence-electron chi connectivity index (χ1n) is 5.46. The maximum atomic E-state index is 12.2. The lowest BCUT2D eigenvalue weighted by atomic mass is 10.2. The van der Waals surface area contributed by atoms with Crippen LogP contribution in [-0.2, 0) is 0 Å². The normalized spacial score (nSPS) is 10.4. The van der Waals surface area contributed by atoms with Gasteiger partial charge in [0.2, 0.25) is 0 Å². The molecule has 0 aliphatic carbocycles. The molecule has 1 aromatic heterocycles. The van der Waals surface area contributed by atoms with E-state index in [-0.39, 0.29) is 15.7 Å². The van der Waals surface area contributed by atoms with Crippen LogP contribution in [0.4, 0.5) is 5.69 Å². The van der Waals surface area contributed by atoms with Crippen molar-refractivity contribution in [2.45, 2.75) is 6.92 Å². The molecule has 20 heavy (non-hydrogen) atoms. The molecule has 0 saturated carbocycles. The predicted molar refractivity (Wildman–Crippen MR) is 83.4 cm³/mol. The third-order valence-electron chi connectivity index (χ3n) is 2.56. The van der Waals surface area contributed by atoms with Gasteiger partial charge in [0, 0.05) is 11.2 Å². The molecule has 0 spiro atoms. The van der Waals surface area contributed by atoms with Crippen molar-refractivity contribution in [3.8, 4) is 0 Å². The maximum Gasteiger partial charge on any atom is 0.257 e. The molecule has 0 aliphatic heterocycles. The Morgan fingerprint density at radius 3 is 2.45 bits per heavy atom. The Hall–Kier alpha value is -1.000. The van der Waals surface area contributed by atoms with Gasteiger partial charge in [0.1, 0.15) is 5.15 Å². The minimum Gasteiger partial charge on any atom is -0.321 e. The molecular weight excluding hydrogens is 342 g/mol. The average molecular weight is 350 g/mol. The van der Waals surface area contributed by atoms with Crippen molar-refractivity contribution in [3.63, 3.8) is 0 Å². The molecule has 104 valence electrons. The van der Waals surface area contributed by atoms with Gasteiger partial charge >= 0.3 is 0 Å². The van der Waals surface area contributed by atoms with Crippen LogP contribution in [0.5, 0.6) is 0 Å². The second-order valence-electron chi connectivity index (χ2n) is 4.02. The van der Waals surface area contributed by atoms with Crippen LogP contribution in [0, 0.1) is 6.92 Å². The number of nitrogens with one attached hydrogen (secondary N) is 1. The van der Waals surface area contributed by atoms with Gasteiger partial charge in [-0.15, -0.1) is 0 Å². The Morgan fingerprint density at radius 1 is 1.05 bits per heavy atom. The molecule has 0 bridgehead atoms. The van der Waals surface area contributed by atoms with Gasteiger partial charge in [-0.1, -0.05) is 46.4 Å². The fraction of sp³-hybridized carbons (Fsp3) is 0.0769. The van der Waals surface area contributed by atoms with Gasteiger partial charge in [-0.25, -0.2) is 4.98 Å². The molecule has 7 heteroatoms. The number of anilines is 1. The fourth-order valence-electron chi connectivity index (χ4n) is 1.52. The van der Waals surface area contributed by atoms with Gasteiger partial charge in [-0.3, -0.25) is 4.79 Å². The van der Waals surface area contributed by atoms with E-state index >= 15 is 0 Å². The van der Waals surface area contributed by atoms with Gasteiger partial charge in [0.15, 0.2) is 0 Å². The summed E-state index contributed by atoms with van der Waals surface area (Å²) in [6.45, 7) is 1.82. The highest BCUT2D eigenvalue weighted by molar-refractivity contribution is 6.37. The quantitative estimate of drug-likeness (QED) is 0.751. The van der Waals surface area contributed by atoms with E-state index in [1.807, 2.05) is 6.92 Å². The second kappa shape index (κ2) is 6.19. The highest BCUT2D eigenvalue weighted by Gasteiger charge is 2.14. The van der Waals surface area contributed by atoms with E-state index in [4.69, 9.17) is 46.4 Å². The SMILES string of the molecule is Cc1cc(Cl)c(NC(=O)c2cc(Cl)ncc2Cl)cc1Cl. The number of carbonyl (C=O) groups excluding carboxylic acids is 1. The Morgan fingerprint density at radius 2 is 1.75 bits per heavy atom. The highest BCUT2D eigenvalue weighted by Crippen LogP contribution is 2.29. The number of aryl methyl sites for hydroxylation is 1. The largest absolute Gasteiger partial charge is 0.321 e. The summed E-state index contributed by atoms with van der Waals surface area (Å²) in [4.78, 5) is 15.9. The van der Waals surface area contributed by atoms with Crippen LogP contribution in [-0.4, -0.2) is 10.9 Å². The standard InChI is InChI=1S/C13H8Cl4N2O/c1-6-2-9(15)11(4-8(6)14)19-13(20)7-3-12(17)18-5-10(7)16/h2-5H,1H3,(H,19,20). The van der Waals surface area contributed by atoms with Crippen LogP contribution in [0.25, 0.3) is 0 Å². The molecule has 0 atom stereocenters. The average Bonchev–Trinajstić information content (AvgIpc) is 2.38. The Balaban J connectivity index is 2.32. The van der Waals surface area contributed by atoms with Crippen molar-refractivity contribution >= 4 is 58.0 Å². The molecule has 1 N–H and O–H groups in total. The zero-order valence-electron chi connectivity index (χ0n) is 10.2. The number of hydrogen-bond donors (Lipinski definition) is 1. The minimum absolute atomic E-state index is 0.174. The first-order chi connectivity index (χ1) is 9.38. The summed E-state index contributed by atoms with van der Waals surface area (Å²) in [5.74, 6) is -0.443. The van der Waals surface area contributed by atoms with Crippen molar-refractivity contribution < 1.29 is 4.79 Å². The van der Waals surface area contributed by atoms with Crippen molar-refractivity contribution in [1.29, 1.82) is 0 Å². The lowest BCUT2D eigenvalue weighted by Crippen LogP contribution is -2.13. The van der Waals surface area contributed by atoms with Crippen molar-refractivity contribution in [3.05, 3.63) is 55.7 Å². The Bertz CT molecular complexity index is 688. The highest BCUT2D eigenvalue weighted by atomic mass is 35.5. The predicted octanol–water partition coefficient (Wildman–Crippen LogP) is 5.26. The third-order valence-corrected chi connectivity index (χ3v) is 3.79. The van der Waals surface area contributed by atoms with Gasteiger partial charge in [0.25, 0.3) is 5.91 Å². The van der Waals surface area contributed by atoms with Crippen LogP contribution >= 0.6 is 46.4 Å². The molecule has 3 nitrogen and oxygen atoms in total.